The summed E-state index contributed by atoms with van der Waals surface area (Å²) in [4.78, 5) is 34.4. The number of carboxylic acids is 1. The van der Waals surface area contributed by atoms with E-state index in [9.17, 15) is 14.4 Å². The second-order valence-corrected chi connectivity index (χ2v) is 3.90. The average Bonchev–Trinajstić information content (AvgIpc) is 2.65. The van der Waals surface area contributed by atoms with Gasteiger partial charge in [0.25, 0.3) is 0 Å². The Morgan fingerprint density at radius 3 is 2.62 bits per heavy atom. The fraction of sp³-hybridized carbons (Fsp3) is 0.700. The summed E-state index contributed by atoms with van der Waals surface area (Å²) in [6.07, 6.45) is 0.743. The Hall–Kier alpha value is -1.59. The van der Waals surface area contributed by atoms with Gasteiger partial charge in [-0.15, -0.1) is 0 Å². The van der Waals surface area contributed by atoms with E-state index in [-0.39, 0.29) is 24.8 Å². The maximum Gasteiger partial charge on any atom is 0.308 e. The van der Waals surface area contributed by atoms with Crippen LogP contribution in [-0.4, -0.2) is 47.4 Å². The van der Waals surface area contributed by atoms with Gasteiger partial charge in [-0.05, 0) is 6.42 Å². The molecule has 0 saturated carbocycles. The number of aliphatic carboxylic acids is 1. The van der Waals surface area contributed by atoms with Crippen LogP contribution in [0.1, 0.15) is 19.8 Å². The van der Waals surface area contributed by atoms with E-state index in [2.05, 4.69) is 5.32 Å². The lowest BCUT2D eigenvalue weighted by Gasteiger charge is -2.15. The molecule has 2 amide bonds. The lowest BCUT2D eigenvalue weighted by Crippen LogP contribution is -2.33. The summed E-state index contributed by atoms with van der Waals surface area (Å²) in [7, 11) is 0. The van der Waals surface area contributed by atoms with Gasteiger partial charge in [-0.3, -0.25) is 14.4 Å². The predicted octanol–water partition coefficient (Wildman–Crippen LogP) is -0.554. The van der Waals surface area contributed by atoms with Crippen LogP contribution in [-0.2, 0) is 14.4 Å². The first-order chi connectivity index (χ1) is 7.50. The van der Waals surface area contributed by atoms with Crippen LogP contribution in [0.15, 0.2) is 0 Å². The van der Waals surface area contributed by atoms with Crippen LogP contribution in [0.4, 0.5) is 0 Å². The van der Waals surface area contributed by atoms with Gasteiger partial charge in [0.15, 0.2) is 0 Å². The van der Waals surface area contributed by atoms with Crippen molar-refractivity contribution in [1.29, 1.82) is 0 Å². The number of hydrogen-bond acceptors (Lipinski definition) is 3. The lowest BCUT2D eigenvalue weighted by molar-refractivity contribution is -0.141. The Labute approximate surface area is 93.6 Å². The molecule has 16 heavy (non-hydrogen) atoms. The van der Waals surface area contributed by atoms with E-state index in [0.29, 0.717) is 19.5 Å². The zero-order valence-corrected chi connectivity index (χ0v) is 9.23. The van der Waals surface area contributed by atoms with Crippen molar-refractivity contribution >= 4 is 17.8 Å². The molecule has 0 aromatic carbocycles. The molecule has 0 aromatic heterocycles. The number of hydrogen-bond donors (Lipinski definition) is 2. The molecule has 0 radical (unpaired) electrons. The van der Waals surface area contributed by atoms with E-state index < -0.39 is 11.9 Å². The Kier molecular flexibility index (Phi) is 4.28. The van der Waals surface area contributed by atoms with Crippen molar-refractivity contribution in [2.24, 2.45) is 5.92 Å². The molecule has 1 fully saturated rings. The zero-order chi connectivity index (χ0) is 12.1. The van der Waals surface area contributed by atoms with E-state index in [1.54, 1.807) is 4.90 Å². The van der Waals surface area contributed by atoms with Gasteiger partial charge in [0, 0.05) is 33.0 Å². The predicted molar refractivity (Wildman–Crippen MR) is 55.6 cm³/mol. The third kappa shape index (κ3) is 3.52. The number of carbonyl (C=O) groups excluding carboxylic acids is 2. The van der Waals surface area contributed by atoms with Crippen LogP contribution in [0.2, 0.25) is 0 Å². The highest BCUT2D eigenvalue weighted by atomic mass is 16.4. The summed E-state index contributed by atoms with van der Waals surface area (Å²) in [6.45, 7) is 2.48. The number of amides is 2. The summed E-state index contributed by atoms with van der Waals surface area (Å²) in [5.74, 6) is -1.56. The van der Waals surface area contributed by atoms with Crippen molar-refractivity contribution in [2.45, 2.75) is 19.8 Å². The number of nitrogens with zero attached hydrogens (tertiary/aromatic N) is 1. The van der Waals surface area contributed by atoms with E-state index in [0.717, 1.165) is 0 Å². The third-order valence-electron chi connectivity index (χ3n) is 2.60. The van der Waals surface area contributed by atoms with Crippen LogP contribution >= 0.6 is 0 Å². The molecule has 1 heterocycles. The van der Waals surface area contributed by atoms with Gasteiger partial charge in [0.2, 0.25) is 11.8 Å². The minimum absolute atomic E-state index is 0.0995. The van der Waals surface area contributed by atoms with Gasteiger partial charge < -0.3 is 15.3 Å². The fourth-order valence-electron chi connectivity index (χ4n) is 1.69. The molecule has 2 N–H and O–H groups in total. The van der Waals surface area contributed by atoms with E-state index >= 15 is 0 Å². The summed E-state index contributed by atoms with van der Waals surface area (Å²) in [6, 6.07) is 0. The van der Waals surface area contributed by atoms with Crippen molar-refractivity contribution in [3.63, 3.8) is 0 Å². The second kappa shape index (κ2) is 5.48. The monoisotopic (exact) mass is 228 g/mol. The number of rotatable bonds is 4. The van der Waals surface area contributed by atoms with Crippen LogP contribution in [0.25, 0.3) is 0 Å². The average molecular weight is 228 g/mol. The first-order valence-corrected chi connectivity index (χ1v) is 5.25. The second-order valence-electron chi connectivity index (χ2n) is 3.90. The van der Waals surface area contributed by atoms with E-state index in [4.69, 9.17) is 5.11 Å². The van der Waals surface area contributed by atoms with Gasteiger partial charge in [-0.2, -0.15) is 0 Å². The summed E-state index contributed by atoms with van der Waals surface area (Å²) >= 11 is 0. The largest absolute Gasteiger partial charge is 0.481 e. The Balaban J connectivity index is 2.28. The SMILES string of the molecule is CC(=O)NCCC(=O)N1CCC(C(=O)O)C1. The lowest BCUT2D eigenvalue weighted by atomic mass is 10.1. The number of nitrogens with one attached hydrogen (secondary N) is 1. The molecule has 1 aliphatic heterocycles. The third-order valence-corrected chi connectivity index (χ3v) is 2.60. The van der Waals surface area contributed by atoms with Gasteiger partial charge in [-0.1, -0.05) is 0 Å². The Morgan fingerprint density at radius 2 is 2.12 bits per heavy atom. The van der Waals surface area contributed by atoms with Crippen molar-refractivity contribution < 1.29 is 19.5 Å². The van der Waals surface area contributed by atoms with Gasteiger partial charge in [0.1, 0.15) is 0 Å². The Morgan fingerprint density at radius 1 is 1.44 bits per heavy atom. The smallest absolute Gasteiger partial charge is 0.308 e. The molecule has 1 saturated heterocycles. The topological polar surface area (TPSA) is 86.7 Å². The fourth-order valence-corrected chi connectivity index (χ4v) is 1.69. The molecular weight excluding hydrogens is 212 g/mol. The highest BCUT2D eigenvalue weighted by Crippen LogP contribution is 2.16. The number of likely N-dealkylation sites (tertiary alicyclic amines) is 1. The molecule has 0 spiro atoms. The molecule has 1 atom stereocenters. The first-order valence-electron chi connectivity index (χ1n) is 5.25. The van der Waals surface area contributed by atoms with E-state index in [1.807, 2.05) is 0 Å². The molecule has 0 aliphatic carbocycles. The highest BCUT2D eigenvalue weighted by molar-refractivity contribution is 5.79. The summed E-state index contributed by atoms with van der Waals surface area (Å²) < 4.78 is 0. The Bertz CT molecular complexity index is 303. The molecule has 0 aromatic rings. The number of carboxylic acid groups (broad SMARTS) is 1. The molecule has 1 rings (SSSR count). The van der Waals surface area contributed by atoms with E-state index in [1.165, 1.54) is 6.92 Å². The standard InChI is InChI=1S/C10H16N2O4/c1-7(13)11-4-2-9(14)12-5-3-8(6-12)10(15)16/h8H,2-6H2,1H3,(H,11,13)(H,15,16). The van der Waals surface area contributed by atoms with Crippen molar-refractivity contribution in [1.82, 2.24) is 10.2 Å². The molecule has 1 aliphatic rings. The van der Waals surface area contributed by atoms with Gasteiger partial charge >= 0.3 is 5.97 Å². The van der Waals surface area contributed by atoms with Gasteiger partial charge in [-0.25, -0.2) is 0 Å². The molecule has 6 nitrogen and oxygen atoms in total. The molecule has 6 heteroatoms. The van der Waals surface area contributed by atoms with Crippen molar-refractivity contribution in [2.75, 3.05) is 19.6 Å². The van der Waals surface area contributed by atoms with Crippen LogP contribution < -0.4 is 5.32 Å². The minimum atomic E-state index is -0.850. The van der Waals surface area contributed by atoms with Gasteiger partial charge in [0.05, 0.1) is 5.92 Å². The first kappa shape index (κ1) is 12.5. The number of carbonyl (C=O) groups is 3. The summed E-state index contributed by atoms with van der Waals surface area (Å²) in [5, 5.41) is 11.3. The molecular formula is C10H16N2O4. The molecule has 90 valence electrons. The zero-order valence-electron chi connectivity index (χ0n) is 9.23. The quantitative estimate of drug-likeness (QED) is 0.675. The summed E-state index contributed by atoms with van der Waals surface area (Å²) in [5.41, 5.74) is 0. The maximum atomic E-state index is 11.6. The van der Waals surface area contributed by atoms with Crippen molar-refractivity contribution in [3.8, 4) is 0 Å². The molecule has 1 unspecified atom stereocenters. The van der Waals surface area contributed by atoms with Crippen LogP contribution in [0, 0.1) is 5.92 Å². The normalized spacial score (nSPS) is 19.6. The van der Waals surface area contributed by atoms with Crippen molar-refractivity contribution in [3.05, 3.63) is 0 Å². The molecule has 0 bridgehead atoms. The minimum Gasteiger partial charge on any atom is -0.481 e. The maximum absolute atomic E-state index is 11.6. The van der Waals surface area contributed by atoms with Crippen LogP contribution in [0.3, 0.4) is 0 Å². The van der Waals surface area contributed by atoms with Crippen LogP contribution in [0.5, 0.6) is 0 Å². The highest BCUT2D eigenvalue weighted by Gasteiger charge is 2.30.